The first-order valence-corrected chi connectivity index (χ1v) is 11.2. The summed E-state index contributed by atoms with van der Waals surface area (Å²) in [7, 11) is 3.47. The molecule has 0 spiro atoms. The number of nitriles is 1. The Balaban J connectivity index is 1.97. The third kappa shape index (κ3) is 5.57. The standard InChI is InChI=1S/C22H26F2N4O2S/c1-27(2)12-16(11-25)22(29)19-8-15-9-20(30-13-21(23)24)17(10-18(15)26-19)14-4-6-28(31-3)7-5-14/h8-10,12,14,21,26H,4-7,13H2,1-3H3/b16-12+. The van der Waals surface area contributed by atoms with Gasteiger partial charge in [0.2, 0.25) is 5.78 Å². The van der Waals surface area contributed by atoms with Gasteiger partial charge in [-0.2, -0.15) is 5.26 Å². The van der Waals surface area contributed by atoms with Gasteiger partial charge in [-0.1, -0.05) is 11.9 Å². The minimum absolute atomic E-state index is 0.00962. The lowest BCUT2D eigenvalue weighted by molar-refractivity contribution is 0.0811. The van der Waals surface area contributed by atoms with E-state index in [1.165, 1.54) is 6.20 Å². The summed E-state index contributed by atoms with van der Waals surface area (Å²) in [5.41, 5.74) is 1.88. The number of fused-ring (bicyclic) bond motifs is 1. The zero-order chi connectivity index (χ0) is 22.5. The van der Waals surface area contributed by atoms with E-state index < -0.39 is 18.8 Å². The van der Waals surface area contributed by atoms with E-state index in [4.69, 9.17) is 4.74 Å². The predicted molar refractivity (Wildman–Crippen MR) is 119 cm³/mol. The maximum absolute atomic E-state index is 12.8. The Bertz CT molecular complexity index is 1000. The van der Waals surface area contributed by atoms with Crippen molar-refractivity contribution in [2.45, 2.75) is 25.2 Å². The number of alkyl halides is 2. The fourth-order valence-corrected chi connectivity index (χ4v) is 4.36. The van der Waals surface area contributed by atoms with Crippen molar-refractivity contribution in [1.82, 2.24) is 14.2 Å². The zero-order valence-corrected chi connectivity index (χ0v) is 18.6. The Morgan fingerprint density at radius 3 is 2.68 bits per heavy atom. The number of halogens is 2. The Kier molecular flexibility index (Phi) is 7.57. The molecule has 1 aliphatic heterocycles. The maximum atomic E-state index is 12.8. The van der Waals surface area contributed by atoms with Crippen LogP contribution in [0.2, 0.25) is 0 Å². The number of aromatic amines is 1. The molecule has 1 saturated heterocycles. The summed E-state index contributed by atoms with van der Waals surface area (Å²) in [5.74, 6) is 0.196. The Labute approximate surface area is 185 Å². The summed E-state index contributed by atoms with van der Waals surface area (Å²) in [6, 6.07) is 7.17. The normalized spacial score (nSPS) is 16.0. The van der Waals surface area contributed by atoms with Gasteiger partial charge >= 0.3 is 0 Å². The van der Waals surface area contributed by atoms with E-state index in [-0.39, 0.29) is 17.2 Å². The highest BCUT2D eigenvalue weighted by molar-refractivity contribution is 7.96. The van der Waals surface area contributed by atoms with Gasteiger partial charge in [-0.15, -0.1) is 0 Å². The molecule has 2 aromatic rings. The van der Waals surface area contributed by atoms with Crippen LogP contribution in [0.4, 0.5) is 8.78 Å². The minimum Gasteiger partial charge on any atom is -0.487 e. The molecule has 0 radical (unpaired) electrons. The number of piperidine rings is 1. The van der Waals surface area contributed by atoms with Crippen LogP contribution in [-0.4, -0.2) is 66.4 Å². The number of hydrogen-bond donors (Lipinski definition) is 1. The van der Waals surface area contributed by atoms with Gasteiger partial charge in [0, 0.05) is 44.3 Å². The molecule has 0 unspecified atom stereocenters. The highest BCUT2D eigenvalue weighted by atomic mass is 32.2. The van der Waals surface area contributed by atoms with Crippen LogP contribution in [0.15, 0.2) is 30.0 Å². The molecule has 3 rings (SSSR count). The quantitative estimate of drug-likeness (QED) is 0.279. The van der Waals surface area contributed by atoms with Gasteiger partial charge in [-0.25, -0.2) is 8.78 Å². The van der Waals surface area contributed by atoms with E-state index in [0.717, 1.165) is 37.0 Å². The first-order valence-electron chi connectivity index (χ1n) is 10.0. The van der Waals surface area contributed by atoms with E-state index in [0.29, 0.717) is 11.1 Å². The summed E-state index contributed by atoms with van der Waals surface area (Å²) >= 11 is 1.70. The molecule has 0 aliphatic carbocycles. The minimum atomic E-state index is -2.57. The number of benzene rings is 1. The van der Waals surface area contributed by atoms with Crippen molar-refractivity contribution in [3.8, 4) is 11.8 Å². The molecular formula is C22H26F2N4O2S. The number of carbonyl (C=O) groups excluding carboxylic acids is 1. The van der Waals surface area contributed by atoms with Crippen molar-refractivity contribution < 1.29 is 18.3 Å². The van der Waals surface area contributed by atoms with Crippen LogP contribution < -0.4 is 4.74 Å². The lowest BCUT2D eigenvalue weighted by atomic mass is 9.89. The molecule has 166 valence electrons. The molecule has 2 heterocycles. The van der Waals surface area contributed by atoms with Gasteiger partial charge in [0.15, 0.2) is 0 Å². The van der Waals surface area contributed by atoms with Crippen molar-refractivity contribution in [3.63, 3.8) is 0 Å². The molecule has 1 aromatic carbocycles. The second kappa shape index (κ2) is 10.2. The maximum Gasteiger partial charge on any atom is 0.272 e. The van der Waals surface area contributed by atoms with E-state index in [1.54, 1.807) is 43.1 Å². The summed E-state index contributed by atoms with van der Waals surface area (Å²) in [6.07, 6.45) is 2.74. The number of carbonyl (C=O) groups is 1. The van der Waals surface area contributed by atoms with Crippen molar-refractivity contribution in [1.29, 1.82) is 5.26 Å². The van der Waals surface area contributed by atoms with Crippen LogP contribution in [0.25, 0.3) is 10.9 Å². The third-order valence-corrected chi connectivity index (χ3v) is 6.15. The number of ether oxygens (including phenoxy) is 1. The van der Waals surface area contributed by atoms with Crippen LogP contribution in [0.3, 0.4) is 0 Å². The van der Waals surface area contributed by atoms with Gasteiger partial charge in [-0.05, 0) is 48.8 Å². The number of nitrogens with zero attached hydrogens (tertiary/aromatic N) is 3. The van der Waals surface area contributed by atoms with Gasteiger partial charge < -0.3 is 14.6 Å². The number of rotatable bonds is 8. The van der Waals surface area contributed by atoms with Crippen molar-refractivity contribution >= 4 is 28.6 Å². The zero-order valence-electron chi connectivity index (χ0n) is 17.8. The molecule has 1 fully saturated rings. The van der Waals surface area contributed by atoms with Crippen molar-refractivity contribution in [2.24, 2.45) is 0 Å². The van der Waals surface area contributed by atoms with Crippen molar-refractivity contribution in [3.05, 3.63) is 41.2 Å². The average Bonchev–Trinajstić information content (AvgIpc) is 3.17. The van der Waals surface area contributed by atoms with Crippen LogP contribution in [0.5, 0.6) is 5.75 Å². The Morgan fingerprint density at radius 2 is 2.10 bits per heavy atom. The Morgan fingerprint density at radius 1 is 1.39 bits per heavy atom. The molecule has 31 heavy (non-hydrogen) atoms. The first-order chi connectivity index (χ1) is 14.8. The number of nitrogens with one attached hydrogen (secondary N) is 1. The van der Waals surface area contributed by atoms with E-state index in [1.807, 2.05) is 18.4 Å². The lowest BCUT2D eigenvalue weighted by Crippen LogP contribution is -2.27. The molecule has 0 atom stereocenters. The van der Waals surface area contributed by atoms with Crippen LogP contribution in [0.1, 0.15) is 34.8 Å². The van der Waals surface area contributed by atoms with Gasteiger partial charge in [-0.3, -0.25) is 9.10 Å². The molecule has 0 saturated carbocycles. The first kappa shape index (κ1) is 23.1. The van der Waals surface area contributed by atoms with Crippen molar-refractivity contribution in [2.75, 3.05) is 40.0 Å². The topological polar surface area (TPSA) is 72.4 Å². The number of ketones is 1. The highest BCUT2D eigenvalue weighted by Gasteiger charge is 2.25. The Hall–Kier alpha value is -2.57. The van der Waals surface area contributed by atoms with Gasteiger partial charge in [0.1, 0.15) is 24.0 Å². The second-order valence-electron chi connectivity index (χ2n) is 7.70. The molecule has 1 aliphatic rings. The monoisotopic (exact) mass is 448 g/mol. The SMILES string of the molecule is CSN1CCC(c2cc3[nH]c(C(=O)/C(C#N)=C/N(C)C)cc3cc2OCC(F)F)CC1. The summed E-state index contributed by atoms with van der Waals surface area (Å²) < 4.78 is 33.4. The smallest absolute Gasteiger partial charge is 0.272 e. The van der Waals surface area contributed by atoms with Crippen LogP contribution in [-0.2, 0) is 0 Å². The van der Waals surface area contributed by atoms with Gasteiger partial charge in [0.05, 0.1) is 5.69 Å². The largest absolute Gasteiger partial charge is 0.487 e. The third-order valence-electron chi connectivity index (χ3n) is 5.26. The molecular weight excluding hydrogens is 422 g/mol. The fourth-order valence-electron chi connectivity index (χ4n) is 3.79. The predicted octanol–water partition coefficient (Wildman–Crippen LogP) is 4.42. The highest BCUT2D eigenvalue weighted by Crippen LogP contribution is 2.38. The number of Topliss-reactive ketones (excluding diaryl/α,β-unsaturated/α-hetero) is 1. The molecule has 1 N–H and O–H groups in total. The summed E-state index contributed by atoms with van der Waals surface area (Å²) in [5, 5.41) is 10.0. The van der Waals surface area contributed by atoms with Gasteiger partial charge in [0.25, 0.3) is 6.43 Å². The molecule has 0 bridgehead atoms. The number of hydrogen-bond acceptors (Lipinski definition) is 6. The number of H-pyrrole nitrogens is 1. The molecule has 0 amide bonds. The van der Waals surface area contributed by atoms with Crippen LogP contribution in [0, 0.1) is 11.3 Å². The molecule has 9 heteroatoms. The number of allylic oxidation sites excluding steroid dienone is 1. The fraction of sp³-hybridized carbons (Fsp3) is 0.455. The van der Waals surface area contributed by atoms with Crippen LogP contribution >= 0.6 is 11.9 Å². The summed E-state index contributed by atoms with van der Waals surface area (Å²) in [4.78, 5) is 17.5. The number of aromatic nitrogens is 1. The molecule has 1 aromatic heterocycles. The second-order valence-corrected chi connectivity index (χ2v) is 8.58. The average molecular weight is 449 g/mol. The molecule has 6 nitrogen and oxygen atoms in total. The van der Waals surface area contributed by atoms with E-state index in [9.17, 15) is 18.8 Å². The van der Waals surface area contributed by atoms with E-state index >= 15 is 0 Å². The lowest BCUT2D eigenvalue weighted by Gasteiger charge is -2.31. The summed E-state index contributed by atoms with van der Waals surface area (Å²) in [6.45, 7) is 1.14. The van der Waals surface area contributed by atoms with E-state index in [2.05, 4.69) is 9.29 Å².